The first-order chi connectivity index (χ1) is 9.13. The van der Waals surface area contributed by atoms with Crippen molar-refractivity contribution >= 4 is 11.6 Å². The van der Waals surface area contributed by atoms with E-state index in [9.17, 15) is 0 Å². The van der Waals surface area contributed by atoms with Crippen molar-refractivity contribution in [2.45, 2.75) is 32.9 Å². The molecule has 1 heterocycles. The molecule has 0 aliphatic rings. The highest BCUT2D eigenvalue weighted by atomic mass is 35.5. The molecule has 0 saturated heterocycles. The van der Waals surface area contributed by atoms with Gasteiger partial charge in [-0.15, -0.1) is 11.6 Å². The molecule has 1 rings (SSSR count). The van der Waals surface area contributed by atoms with E-state index in [0.717, 1.165) is 29.0 Å². The molecule has 4 nitrogen and oxygen atoms in total. The third kappa shape index (κ3) is 4.64. The number of pyridine rings is 1. The largest absolute Gasteiger partial charge is 0.496 e. The standard InChI is InChI=1S/C14H23ClN2O2/c1-10-7-17-13(11(2)14(10)19-4)8-16-12(5-6-15)9-18-3/h7,12,16H,5-6,8-9H2,1-4H3. The van der Waals surface area contributed by atoms with Gasteiger partial charge in [0.2, 0.25) is 0 Å². The maximum absolute atomic E-state index is 5.78. The molecule has 1 aromatic heterocycles. The SMILES string of the molecule is COCC(CCCl)NCc1ncc(C)c(OC)c1C. The smallest absolute Gasteiger partial charge is 0.128 e. The van der Waals surface area contributed by atoms with Gasteiger partial charge in [0, 0.05) is 42.9 Å². The Labute approximate surface area is 120 Å². The zero-order chi connectivity index (χ0) is 14.3. The van der Waals surface area contributed by atoms with Gasteiger partial charge >= 0.3 is 0 Å². The third-order valence-electron chi connectivity index (χ3n) is 3.13. The Morgan fingerprint density at radius 3 is 2.68 bits per heavy atom. The van der Waals surface area contributed by atoms with Crippen LogP contribution in [0.3, 0.4) is 0 Å². The van der Waals surface area contributed by atoms with Crippen molar-refractivity contribution in [3.05, 3.63) is 23.0 Å². The van der Waals surface area contributed by atoms with Gasteiger partial charge in [-0.2, -0.15) is 0 Å². The van der Waals surface area contributed by atoms with Crippen LogP contribution in [-0.2, 0) is 11.3 Å². The minimum Gasteiger partial charge on any atom is -0.496 e. The molecule has 1 N–H and O–H groups in total. The number of nitrogens with one attached hydrogen (secondary N) is 1. The molecule has 0 spiro atoms. The van der Waals surface area contributed by atoms with E-state index < -0.39 is 0 Å². The van der Waals surface area contributed by atoms with Crippen molar-refractivity contribution < 1.29 is 9.47 Å². The predicted octanol–water partition coefficient (Wildman–Crippen LogP) is 2.44. The van der Waals surface area contributed by atoms with Crippen molar-refractivity contribution in [2.75, 3.05) is 26.7 Å². The predicted molar refractivity (Wildman–Crippen MR) is 78.1 cm³/mol. The Kier molecular flexibility index (Phi) is 7.13. The zero-order valence-electron chi connectivity index (χ0n) is 12.1. The topological polar surface area (TPSA) is 43.4 Å². The summed E-state index contributed by atoms with van der Waals surface area (Å²) in [6.07, 6.45) is 2.72. The monoisotopic (exact) mass is 286 g/mol. The van der Waals surface area contributed by atoms with Crippen molar-refractivity contribution in [2.24, 2.45) is 0 Å². The fourth-order valence-corrected chi connectivity index (χ4v) is 2.33. The minimum absolute atomic E-state index is 0.246. The van der Waals surface area contributed by atoms with Gasteiger partial charge in [-0.25, -0.2) is 0 Å². The molecule has 0 bridgehead atoms. The summed E-state index contributed by atoms with van der Waals surface area (Å²) in [5.74, 6) is 1.53. The van der Waals surface area contributed by atoms with E-state index in [1.807, 2.05) is 20.0 Å². The molecule has 1 aromatic rings. The molecular formula is C14H23ClN2O2. The first kappa shape index (κ1) is 16.2. The van der Waals surface area contributed by atoms with Crippen LogP contribution in [0.5, 0.6) is 5.75 Å². The number of aryl methyl sites for hydroxylation is 1. The van der Waals surface area contributed by atoms with Crippen LogP contribution in [0.1, 0.15) is 23.2 Å². The number of methoxy groups -OCH3 is 2. The molecule has 0 aromatic carbocycles. The minimum atomic E-state index is 0.246. The van der Waals surface area contributed by atoms with Gasteiger partial charge in [0.15, 0.2) is 0 Å². The van der Waals surface area contributed by atoms with Crippen LogP contribution in [0.4, 0.5) is 0 Å². The number of aromatic nitrogens is 1. The van der Waals surface area contributed by atoms with Gasteiger partial charge in [-0.3, -0.25) is 4.98 Å². The number of hydrogen-bond donors (Lipinski definition) is 1. The van der Waals surface area contributed by atoms with Crippen LogP contribution < -0.4 is 10.1 Å². The van der Waals surface area contributed by atoms with E-state index in [1.54, 1.807) is 14.2 Å². The van der Waals surface area contributed by atoms with Crippen LogP contribution in [0, 0.1) is 13.8 Å². The van der Waals surface area contributed by atoms with Gasteiger partial charge in [-0.1, -0.05) is 0 Å². The van der Waals surface area contributed by atoms with Crippen LogP contribution in [-0.4, -0.2) is 37.7 Å². The number of nitrogens with zero attached hydrogens (tertiary/aromatic N) is 1. The normalized spacial score (nSPS) is 12.5. The van der Waals surface area contributed by atoms with Gasteiger partial charge in [-0.05, 0) is 20.3 Å². The first-order valence-electron chi connectivity index (χ1n) is 6.41. The highest BCUT2D eigenvalue weighted by Crippen LogP contribution is 2.23. The van der Waals surface area contributed by atoms with Gasteiger partial charge in [0.05, 0.1) is 19.4 Å². The number of halogens is 1. The lowest BCUT2D eigenvalue weighted by Gasteiger charge is -2.18. The second-order valence-electron chi connectivity index (χ2n) is 4.56. The summed E-state index contributed by atoms with van der Waals surface area (Å²) in [5, 5.41) is 3.42. The number of hydrogen-bond acceptors (Lipinski definition) is 4. The van der Waals surface area contributed by atoms with E-state index in [0.29, 0.717) is 19.0 Å². The molecule has 19 heavy (non-hydrogen) atoms. The summed E-state index contributed by atoms with van der Waals surface area (Å²) in [6.45, 7) is 5.36. The van der Waals surface area contributed by atoms with E-state index >= 15 is 0 Å². The lowest BCUT2D eigenvalue weighted by Crippen LogP contribution is -2.33. The van der Waals surface area contributed by atoms with Crippen molar-refractivity contribution in [1.29, 1.82) is 0 Å². The van der Waals surface area contributed by atoms with Gasteiger partial charge in [0.25, 0.3) is 0 Å². The number of ether oxygens (including phenoxy) is 2. The Hall–Kier alpha value is -0.840. The van der Waals surface area contributed by atoms with Crippen LogP contribution in [0.15, 0.2) is 6.20 Å². The molecule has 0 saturated carbocycles. The average Bonchev–Trinajstić information content (AvgIpc) is 2.39. The summed E-state index contributed by atoms with van der Waals surface area (Å²) in [7, 11) is 3.38. The lowest BCUT2D eigenvalue weighted by molar-refractivity contribution is 0.164. The van der Waals surface area contributed by atoms with Crippen molar-refractivity contribution in [1.82, 2.24) is 10.3 Å². The average molecular weight is 287 g/mol. The fourth-order valence-electron chi connectivity index (χ4n) is 2.07. The summed E-state index contributed by atoms with van der Waals surface area (Å²) >= 11 is 5.78. The van der Waals surface area contributed by atoms with Crippen LogP contribution in [0.2, 0.25) is 0 Å². The highest BCUT2D eigenvalue weighted by Gasteiger charge is 2.12. The van der Waals surface area contributed by atoms with Crippen LogP contribution >= 0.6 is 11.6 Å². The zero-order valence-corrected chi connectivity index (χ0v) is 12.9. The van der Waals surface area contributed by atoms with Crippen LogP contribution in [0.25, 0.3) is 0 Å². The summed E-state index contributed by atoms with van der Waals surface area (Å²) in [5.41, 5.74) is 3.13. The Bertz CT molecular complexity index is 393. The third-order valence-corrected chi connectivity index (χ3v) is 3.35. The highest BCUT2D eigenvalue weighted by molar-refractivity contribution is 6.17. The first-order valence-corrected chi connectivity index (χ1v) is 6.94. The summed E-state index contributed by atoms with van der Waals surface area (Å²) in [4.78, 5) is 4.46. The second-order valence-corrected chi connectivity index (χ2v) is 4.93. The number of alkyl halides is 1. The molecule has 0 amide bonds. The second kappa shape index (κ2) is 8.35. The van der Waals surface area contributed by atoms with E-state index in [2.05, 4.69) is 10.3 Å². The Balaban J connectivity index is 2.71. The van der Waals surface area contributed by atoms with E-state index in [4.69, 9.17) is 21.1 Å². The molecule has 108 valence electrons. The molecule has 0 aliphatic heterocycles. The summed E-state index contributed by atoms with van der Waals surface area (Å²) in [6, 6.07) is 0.246. The molecular weight excluding hydrogens is 264 g/mol. The molecule has 0 aliphatic carbocycles. The lowest BCUT2D eigenvalue weighted by atomic mass is 10.1. The van der Waals surface area contributed by atoms with E-state index in [1.165, 1.54) is 0 Å². The maximum atomic E-state index is 5.78. The maximum Gasteiger partial charge on any atom is 0.128 e. The number of rotatable bonds is 8. The van der Waals surface area contributed by atoms with Crippen molar-refractivity contribution in [3.63, 3.8) is 0 Å². The molecule has 1 unspecified atom stereocenters. The summed E-state index contributed by atoms with van der Waals surface area (Å²) < 4.78 is 10.6. The fraction of sp³-hybridized carbons (Fsp3) is 0.643. The molecule has 5 heteroatoms. The van der Waals surface area contributed by atoms with Gasteiger partial charge < -0.3 is 14.8 Å². The van der Waals surface area contributed by atoms with Gasteiger partial charge in [0.1, 0.15) is 5.75 Å². The van der Waals surface area contributed by atoms with E-state index in [-0.39, 0.29) is 6.04 Å². The Morgan fingerprint density at radius 1 is 1.37 bits per heavy atom. The quantitative estimate of drug-likeness (QED) is 0.746. The van der Waals surface area contributed by atoms with Crippen molar-refractivity contribution in [3.8, 4) is 5.75 Å². The molecule has 0 radical (unpaired) electrons. The molecule has 0 fully saturated rings. The Morgan fingerprint density at radius 2 is 2.11 bits per heavy atom. The molecule has 1 atom stereocenters.